The fourth-order valence-corrected chi connectivity index (χ4v) is 2.79. The van der Waals surface area contributed by atoms with Gasteiger partial charge >= 0.3 is 0 Å². The standard InChI is InChI=1S/C18H23ClN2O2/c1-18(2,3)16-12-23-17(20-16)15-11-22-9-8-21(15)10-13-4-6-14(19)7-5-13/h4-7,12,15H,8-11H2,1-3H3/t15-/m0/s1. The molecular weight excluding hydrogens is 312 g/mol. The molecule has 0 bridgehead atoms. The van der Waals surface area contributed by atoms with Gasteiger partial charge in [0.15, 0.2) is 0 Å². The van der Waals surface area contributed by atoms with Crippen molar-refractivity contribution in [3.05, 3.63) is 52.7 Å². The second kappa shape index (κ2) is 6.63. The van der Waals surface area contributed by atoms with E-state index in [9.17, 15) is 0 Å². The molecule has 2 aromatic rings. The zero-order valence-corrected chi connectivity index (χ0v) is 14.6. The molecule has 124 valence electrons. The summed E-state index contributed by atoms with van der Waals surface area (Å²) in [5, 5.41) is 0.759. The maximum Gasteiger partial charge on any atom is 0.214 e. The molecular formula is C18H23ClN2O2. The summed E-state index contributed by atoms with van der Waals surface area (Å²) in [5.74, 6) is 0.739. The average Bonchev–Trinajstić information content (AvgIpc) is 3.00. The first-order chi connectivity index (χ1) is 10.9. The van der Waals surface area contributed by atoms with E-state index in [2.05, 4.69) is 37.8 Å². The highest BCUT2D eigenvalue weighted by Gasteiger charge is 2.30. The highest BCUT2D eigenvalue weighted by molar-refractivity contribution is 6.30. The molecule has 5 heteroatoms. The van der Waals surface area contributed by atoms with Crippen molar-refractivity contribution >= 4 is 11.6 Å². The van der Waals surface area contributed by atoms with Gasteiger partial charge in [-0.3, -0.25) is 4.90 Å². The maximum atomic E-state index is 5.97. The van der Waals surface area contributed by atoms with Gasteiger partial charge in [-0.1, -0.05) is 44.5 Å². The topological polar surface area (TPSA) is 38.5 Å². The largest absolute Gasteiger partial charge is 0.447 e. The summed E-state index contributed by atoms with van der Waals surface area (Å²) in [6, 6.07) is 8.02. The van der Waals surface area contributed by atoms with E-state index in [1.165, 1.54) is 5.56 Å². The van der Waals surface area contributed by atoms with E-state index in [1.807, 2.05) is 12.1 Å². The Balaban J connectivity index is 1.78. The second-order valence-electron chi connectivity index (χ2n) is 7.01. The molecule has 1 atom stereocenters. The molecule has 0 unspecified atom stereocenters. The first kappa shape index (κ1) is 16.5. The van der Waals surface area contributed by atoms with Gasteiger partial charge in [0, 0.05) is 23.5 Å². The van der Waals surface area contributed by atoms with Crippen molar-refractivity contribution < 1.29 is 9.15 Å². The number of hydrogen-bond donors (Lipinski definition) is 0. The Morgan fingerprint density at radius 3 is 2.65 bits per heavy atom. The lowest BCUT2D eigenvalue weighted by atomic mass is 9.93. The third kappa shape index (κ3) is 3.94. The van der Waals surface area contributed by atoms with Gasteiger partial charge in [0.2, 0.25) is 5.89 Å². The number of morpholine rings is 1. The van der Waals surface area contributed by atoms with Gasteiger partial charge < -0.3 is 9.15 Å². The highest BCUT2D eigenvalue weighted by atomic mass is 35.5. The number of rotatable bonds is 3. The Kier molecular flexibility index (Phi) is 4.76. The van der Waals surface area contributed by atoms with Gasteiger partial charge in [-0.25, -0.2) is 4.98 Å². The molecule has 1 aromatic carbocycles. The van der Waals surface area contributed by atoms with Crippen LogP contribution in [0, 0.1) is 0 Å². The minimum absolute atomic E-state index is 0.0156. The van der Waals surface area contributed by atoms with Crippen LogP contribution in [0.3, 0.4) is 0 Å². The van der Waals surface area contributed by atoms with E-state index in [1.54, 1.807) is 6.26 Å². The smallest absolute Gasteiger partial charge is 0.214 e. The van der Waals surface area contributed by atoms with Crippen LogP contribution in [0.5, 0.6) is 0 Å². The summed E-state index contributed by atoms with van der Waals surface area (Å²) in [6.07, 6.45) is 1.77. The lowest BCUT2D eigenvalue weighted by Gasteiger charge is -2.33. The van der Waals surface area contributed by atoms with Gasteiger partial charge in [0.05, 0.1) is 18.9 Å². The zero-order chi connectivity index (χ0) is 16.4. The van der Waals surface area contributed by atoms with Crippen LogP contribution in [0.4, 0.5) is 0 Å². The Hall–Kier alpha value is -1.36. The quantitative estimate of drug-likeness (QED) is 0.843. The molecule has 0 aliphatic carbocycles. The van der Waals surface area contributed by atoms with Gasteiger partial charge in [-0.2, -0.15) is 0 Å². The van der Waals surface area contributed by atoms with Crippen LogP contribution in [0.15, 0.2) is 34.9 Å². The molecule has 0 amide bonds. The summed E-state index contributed by atoms with van der Waals surface area (Å²) >= 11 is 5.97. The van der Waals surface area contributed by atoms with Crippen LogP contribution in [0.25, 0.3) is 0 Å². The van der Waals surface area contributed by atoms with Gasteiger partial charge in [0.1, 0.15) is 12.3 Å². The van der Waals surface area contributed by atoms with E-state index < -0.39 is 0 Å². The van der Waals surface area contributed by atoms with Gasteiger partial charge in [0.25, 0.3) is 0 Å². The molecule has 2 heterocycles. The Morgan fingerprint density at radius 1 is 1.26 bits per heavy atom. The average molecular weight is 335 g/mol. The molecule has 0 radical (unpaired) electrons. The van der Waals surface area contributed by atoms with Crippen molar-refractivity contribution in [1.29, 1.82) is 0 Å². The number of oxazole rings is 1. The number of halogens is 1. The molecule has 1 aliphatic heterocycles. The van der Waals surface area contributed by atoms with Crippen LogP contribution in [-0.2, 0) is 16.7 Å². The molecule has 1 saturated heterocycles. The molecule has 0 spiro atoms. The van der Waals surface area contributed by atoms with Crippen LogP contribution < -0.4 is 0 Å². The molecule has 1 fully saturated rings. The lowest BCUT2D eigenvalue weighted by Crippen LogP contribution is -2.39. The van der Waals surface area contributed by atoms with Crippen molar-refractivity contribution in [3.8, 4) is 0 Å². The Morgan fingerprint density at radius 2 is 2.00 bits per heavy atom. The second-order valence-corrected chi connectivity index (χ2v) is 7.45. The zero-order valence-electron chi connectivity index (χ0n) is 13.9. The summed E-state index contributed by atoms with van der Waals surface area (Å²) in [7, 11) is 0. The van der Waals surface area contributed by atoms with Crippen molar-refractivity contribution in [1.82, 2.24) is 9.88 Å². The minimum Gasteiger partial charge on any atom is -0.447 e. The Labute approximate surface area is 142 Å². The third-order valence-corrected chi connectivity index (χ3v) is 4.37. The maximum absolute atomic E-state index is 5.97. The van der Waals surface area contributed by atoms with Crippen molar-refractivity contribution in [2.75, 3.05) is 19.8 Å². The number of ether oxygens (including phenoxy) is 1. The molecule has 4 nitrogen and oxygen atoms in total. The van der Waals surface area contributed by atoms with Crippen LogP contribution in [-0.4, -0.2) is 29.6 Å². The van der Waals surface area contributed by atoms with Crippen molar-refractivity contribution in [3.63, 3.8) is 0 Å². The van der Waals surface area contributed by atoms with Crippen LogP contribution in [0.2, 0.25) is 5.02 Å². The van der Waals surface area contributed by atoms with Crippen molar-refractivity contribution in [2.45, 2.75) is 38.8 Å². The summed E-state index contributed by atoms with van der Waals surface area (Å²) < 4.78 is 11.4. The fourth-order valence-electron chi connectivity index (χ4n) is 2.66. The van der Waals surface area contributed by atoms with E-state index in [-0.39, 0.29) is 11.5 Å². The third-order valence-electron chi connectivity index (χ3n) is 4.11. The number of hydrogen-bond acceptors (Lipinski definition) is 4. The van der Waals surface area contributed by atoms with Crippen LogP contribution in [0.1, 0.15) is 44.0 Å². The molecule has 1 aliphatic rings. The van der Waals surface area contributed by atoms with E-state index >= 15 is 0 Å². The normalized spacial score (nSPS) is 19.9. The number of aromatic nitrogens is 1. The predicted molar refractivity (Wildman–Crippen MR) is 90.6 cm³/mol. The molecule has 0 N–H and O–H groups in total. The predicted octanol–water partition coefficient (Wildman–Crippen LogP) is 4.20. The van der Waals surface area contributed by atoms with E-state index in [0.717, 1.165) is 36.3 Å². The molecule has 0 saturated carbocycles. The Bertz CT molecular complexity index is 646. The number of nitrogens with zero attached hydrogens (tertiary/aromatic N) is 2. The van der Waals surface area contributed by atoms with E-state index in [0.29, 0.717) is 6.61 Å². The lowest BCUT2D eigenvalue weighted by molar-refractivity contribution is -0.0223. The molecule has 23 heavy (non-hydrogen) atoms. The SMILES string of the molecule is CC(C)(C)c1coc([C@@H]2COCCN2Cc2ccc(Cl)cc2)n1. The van der Waals surface area contributed by atoms with Crippen LogP contribution >= 0.6 is 11.6 Å². The highest BCUT2D eigenvalue weighted by Crippen LogP contribution is 2.29. The molecule has 1 aromatic heterocycles. The molecule has 3 rings (SSSR count). The summed E-state index contributed by atoms with van der Waals surface area (Å²) in [6.45, 7) is 9.44. The summed E-state index contributed by atoms with van der Waals surface area (Å²) in [5.41, 5.74) is 2.19. The first-order valence-electron chi connectivity index (χ1n) is 7.95. The first-order valence-corrected chi connectivity index (χ1v) is 8.33. The monoisotopic (exact) mass is 334 g/mol. The van der Waals surface area contributed by atoms with E-state index in [4.69, 9.17) is 25.7 Å². The minimum atomic E-state index is -0.0156. The number of benzene rings is 1. The van der Waals surface area contributed by atoms with Crippen molar-refractivity contribution in [2.24, 2.45) is 0 Å². The van der Waals surface area contributed by atoms with Gasteiger partial charge in [-0.15, -0.1) is 0 Å². The summed E-state index contributed by atoms with van der Waals surface area (Å²) in [4.78, 5) is 7.05. The fraction of sp³-hybridized carbons (Fsp3) is 0.500. The van der Waals surface area contributed by atoms with Gasteiger partial charge in [-0.05, 0) is 17.7 Å².